The van der Waals surface area contributed by atoms with Crippen molar-refractivity contribution in [2.24, 2.45) is 7.05 Å². The summed E-state index contributed by atoms with van der Waals surface area (Å²) < 4.78 is 1.69. The van der Waals surface area contributed by atoms with Crippen molar-refractivity contribution < 1.29 is 4.79 Å². The van der Waals surface area contributed by atoms with Crippen molar-refractivity contribution in [3.63, 3.8) is 0 Å². The van der Waals surface area contributed by atoms with Gasteiger partial charge in [-0.15, -0.1) is 0 Å². The van der Waals surface area contributed by atoms with Crippen LogP contribution in [0.4, 0.5) is 5.69 Å². The first kappa shape index (κ1) is 13.3. The molecule has 1 aromatic carbocycles. The molecule has 5 nitrogen and oxygen atoms in total. The number of hydrogen-bond acceptors (Lipinski definition) is 3. The van der Waals surface area contributed by atoms with Crippen LogP contribution in [-0.2, 0) is 13.6 Å². The normalized spacial score (nSPS) is 10.5. The van der Waals surface area contributed by atoms with E-state index in [4.69, 9.17) is 0 Å². The number of aryl methyl sites for hydroxylation is 1. The Hall–Kier alpha value is -2.14. The van der Waals surface area contributed by atoms with Gasteiger partial charge in [0, 0.05) is 25.0 Å². The highest BCUT2D eigenvalue weighted by molar-refractivity contribution is 6.04. The fraction of sp³-hybridized carbons (Fsp3) is 0.286. The summed E-state index contributed by atoms with van der Waals surface area (Å²) in [5.41, 5.74) is 3.41. The Kier molecular flexibility index (Phi) is 3.97. The van der Waals surface area contributed by atoms with Crippen molar-refractivity contribution in [3.8, 4) is 0 Å². The van der Waals surface area contributed by atoms with E-state index >= 15 is 0 Å². The zero-order valence-electron chi connectivity index (χ0n) is 11.4. The number of nitrogens with zero attached hydrogens (tertiary/aromatic N) is 2. The molecular formula is C14H18N4O. The van der Waals surface area contributed by atoms with Crippen LogP contribution in [0.5, 0.6) is 0 Å². The number of carbonyl (C=O) groups is 1. The zero-order valence-corrected chi connectivity index (χ0v) is 11.4. The summed E-state index contributed by atoms with van der Waals surface area (Å²) in [7, 11) is 3.72. The van der Waals surface area contributed by atoms with Crippen LogP contribution in [0.2, 0.25) is 0 Å². The molecule has 1 aromatic heterocycles. The van der Waals surface area contributed by atoms with E-state index in [0.717, 1.165) is 17.9 Å². The van der Waals surface area contributed by atoms with Crippen LogP contribution in [-0.4, -0.2) is 22.7 Å². The number of benzene rings is 1. The Morgan fingerprint density at radius 1 is 1.32 bits per heavy atom. The minimum atomic E-state index is -0.132. The number of aromatic nitrogens is 2. The molecule has 100 valence electrons. The minimum absolute atomic E-state index is 0.132. The summed E-state index contributed by atoms with van der Waals surface area (Å²) in [6.07, 6.45) is 1.58. The van der Waals surface area contributed by atoms with E-state index in [-0.39, 0.29) is 5.91 Å². The molecule has 0 radical (unpaired) electrons. The predicted molar refractivity (Wildman–Crippen MR) is 75.1 cm³/mol. The molecule has 0 bridgehead atoms. The van der Waals surface area contributed by atoms with Gasteiger partial charge in [0.15, 0.2) is 0 Å². The van der Waals surface area contributed by atoms with Gasteiger partial charge in [-0.2, -0.15) is 5.10 Å². The van der Waals surface area contributed by atoms with E-state index in [2.05, 4.69) is 15.7 Å². The molecule has 1 heterocycles. The molecule has 0 unspecified atom stereocenters. The molecule has 0 aliphatic carbocycles. The van der Waals surface area contributed by atoms with Gasteiger partial charge in [-0.1, -0.05) is 12.1 Å². The third-order valence-corrected chi connectivity index (χ3v) is 3.07. The molecule has 0 saturated heterocycles. The Morgan fingerprint density at radius 2 is 2.00 bits per heavy atom. The molecule has 0 spiro atoms. The van der Waals surface area contributed by atoms with E-state index in [1.165, 1.54) is 5.56 Å². The maximum Gasteiger partial charge on any atom is 0.259 e. The Morgan fingerprint density at radius 3 is 2.53 bits per heavy atom. The molecule has 2 N–H and O–H groups in total. The quantitative estimate of drug-likeness (QED) is 0.877. The third-order valence-electron chi connectivity index (χ3n) is 3.07. The molecule has 19 heavy (non-hydrogen) atoms. The van der Waals surface area contributed by atoms with Crippen LogP contribution < -0.4 is 10.6 Å². The maximum atomic E-state index is 12.1. The fourth-order valence-corrected chi connectivity index (χ4v) is 1.83. The Labute approximate surface area is 112 Å². The Balaban J connectivity index is 2.08. The molecule has 1 amide bonds. The van der Waals surface area contributed by atoms with Gasteiger partial charge in [-0.25, -0.2) is 0 Å². The van der Waals surface area contributed by atoms with E-state index in [0.29, 0.717) is 5.56 Å². The van der Waals surface area contributed by atoms with Crippen LogP contribution >= 0.6 is 0 Å². The monoisotopic (exact) mass is 258 g/mol. The SMILES string of the molecule is CNCc1ccc(NC(=O)c2cnn(C)c2C)cc1. The lowest BCUT2D eigenvalue weighted by atomic mass is 10.2. The molecule has 0 atom stereocenters. The van der Waals surface area contributed by atoms with Gasteiger partial charge in [0.1, 0.15) is 0 Å². The second-order valence-electron chi connectivity index (χ2n) is 4.45. The summed E-state index contributed by atoms with van der Waals surface area (Å²) in [5.74, 6) is -0.132. The van der Waals surface area contributed by atoms with Gasteiger partial charge >= 0.3 is 0 Å². The number of hydrogen-bond donors (Lipinski definition) is 2. The van der Waals surface area contributed by atoms with Gasteiger partial charge in [0.2, 0.25) is 0 Å². The zero-order chi connectivity index (χ0) is 13.8. The second-order valence-corrected chi connectivity index (χ2v) is 4.45. The van der Waals surface area contributed by atoms with Gasteiger partial charge in [-0.05, 0) is 31.7 Å². The lowest BCUT2D eigenvalue weighted by molar-refractivity contribution is 0.102. The number of amides is 1. The van der Waals surface area contributed by atoms with E-state index < -0.39 is 0 Å². The number of anilines is 1. The van der Waals surface area contributed by atoms with Gasteiger partial charge in [-0.3, -0.25) is 9.48 Å². The van der Waals surface area contributed by atoms with E-state index in [1.807, 2.05) is 45.3 Å². The predicted octanol–water partition coefficient (Wildman–Crippen LogP) is 1.70. The molecule has 2 aromatic rings. The number of carbonyl (C=O) groups excluding carboxylic acids is 1. The summed E-state index contributed by atoms with van der Waals surface area (Å²) in [4.78, 5) is 12.1. The molecule has 0 aliphatic rings. The minimum Gasteiger partial charge on any atom is -0.322 e. The van der Waals surface area contributed by atoms with Gasteiger partial charge in [0.25, 0.3) is 5.91 Å². The second kappa shape index (κ2) is 5.67. The lowest BCUT2D eigenvalue weighted by Gasteiger charge is -2.06. The molecule has 0 fully saturated rings. The van der Waals surface area contributed by atoms with Crippen LogP contribution in [0.25, 0.3) is 0 Å². The molecule has 0 aliphatic heterocycles. The molecule has 0 saturated carbocycles. The summed E-state index contributed by atoms with van der Waals surface area (Å²) in [6.45, 7) is 2.69. The topological polar surface area (TPSA) is 58.9 Å². The highest BCUT2D eigenvalue weighted by atomic mass is 16.1. The first-order valence-electron chi connectivity index (χ1n) is 6.15. The average molecular weight is 258 g/mol. The highest BCUT2D eigenvalue weighted by Gasteiger charge is 2.12. The fourth-order valence-electron chi connectivity index (χ4n) is 1.83. The van der Waals surface area contributed by atoms with Crippen molar-refractivity contribution in [2.75, 3.05) is 12.4 Å². The summed E-state index contributed by atoms with van der Waals surface area (Å²) in [5, 5.41) is 10.0. The first-order chi connectivity index (χ1) is 9.11. The van der Waals surface area contributed by atoms with Crippen molar-refractivity contribution in [3.05, 3.63) is 47.3 Å². The first-order valence-corrected chi connectivity index (χ1v) is 6.15. The number of nitrogens with one attached hydrogen (secondary N) is 2. The van der Waals surface area contributed by atoms with Crippen molar-refractivity contribution >= 4 is 11.6 Å². The molecule has 5 heteroatoms. The van der Waals surface area contributed by atoms with E-state index in [9.17, 15) is 4.79 Å². The van der Waals surface area contributed by atoms with Crippen molar-refractivity contribution in [1.82, 2.24) is 15.1 Å². The van der Waals surface area contributed by atoms with Crippen LogP contribution in [0.15, 0.2) is 30.5 Å². The largest absolute Gasteiger partial charge is 0.322 e. The van der Waals surface area contributed by atoms with Crippen molar-refractivity contribution in [1.29, 1.82) is 0 Å². The average Bonchev–Trinajstić information content (AvgIpc) is 2.73. The number of rotatable bonds is 4. The third kappa shape index (κ3) is 3.00. The molecule has 2 rings (SSSR count). The summed E-state index contributed by atoms with van der Waals surface area (Å²) in [6, 6.07) is 7.77. The standard InChI is InChI=1S/C14H18N4O/c1-10-13(9-16-18(10)3)14(19)17-12-6-4-11(5-7-12)8-15-2/h4-7,9,15H,8H2,1-3H3,(H,17,19). The van der Waals surface area contributed by atoms with E-state index in [1.54, 1.807) is 10.9 Å². The van der Waals surface area contributed by atoms with Crippen LogP contribution in [0, 0.1) is 6.92 Å². The smallest absolute Gasteiger partial charge is 0.259 e. The van der Waals surface area contributed by atoms with Crippen molar-refractivity contribution in [2.45, 2.75) is 13.5 Å². The van der Waals surface area contributed by atoms with Crippen LogP contribution in [0.3, 0.4) is 0 Å². The highest BCUT2D eigenvalue weighted by Crippen LogP contribution is 2.13. The summed E-state index contributed by atoms with van der Waals surface area (Å²) >= 11 is 0. The lowest BCUT2D eigenvalue weighted by Crippen LogP contribution is -2.13. The Bertz CT molecular complexity index is 572. The van der Waals surface area contributed by atoms with Crippen LogP contribution in [0.1, 0.15) is 21.6 Å². The molecular weight excluding hydrogens is 240 g/mol. The maximum absolute atomic E-state index is 12.1. The van der Waals surface area contributed by atoms with Gasteiger partial charge in [0.05, 0.1) is 11.8 Å². The van der Waals surface area contributed by atoms with Gasteiger partial charge < -0.3 is 10.6 Å².